The first-order valence-electron chi connectivity index (χ1n) is 20.2. The Balaban J connectivity index is 6.71. The average Bonchev–Trinajstić information content (AvgIpc) is 3.20. The maximum Gasteiger partial charge on any atom is 0.303 e. The summed E-state index contributed by atoms with van der Waals surface area (Å²) in [5.74, 6) is -11.2. The smallest absolute Gasteiger partial charge is 0.303 e. The predicted octanol–water partition coefficient (Wildman–Crippen LogP) is -6.81. The van der Waals surface area contributed by atoms with Gasteiger partial charge in [0.25, 0.3) is 0 Å². The van der Waals surface area contributed by atoms with Gasteiger partial charge >= 0.3 is 5.97 Å². The fourth-order valence-electron chi connectivity index (χ4n) is 5.60. The summed E-state index contributed by atoms with van der Waals surface area (Å²) >= 11 is 1.26. The average molecular weight is 945 g/mol. The molecule has 0 saturated carbocycles. The highest BCUT2D eigenvalue weighted by molar-refractivity contribution is 7.98. The summed E-state index contributed by atoms with van der Waals surface area (Å²) in [7, 11) is 0. The van der Waals surface area contributed by atoms with Gasteiger partial charge in [0.05, 0.1) is 6.42 Å². The van der Waals surface area contributed by atoms with Gasteiger partial charge in [-0.05, 0) is 63.9 Å². The Hall–Kier alpha value is -6.94. The number of thioether (sulfide) groups is 1. The molecule has 0 aromatic heterocycles. The maximum absolute atomic E-state index is 14.0. The van der Waals surface area contributed by atoms with E-state index >= 15 is 0 Å². The number of primary amides is 3. The molecule has 366 valence electrons. The van der Waals surface area contributed by atoms with Crippen molar-refractivity contribution in [2.75, 3.05) is 25.1 Å². The van der Waals surface area contributed by atoms with E-state index in [9.17, 15) is 57.8 Å². The van der Waals surface area contributed by atoms with Crippen molar-refractivity contribution in [3.8, 4) is 0 Å². The first kappa shape index (κ1) is 58.1. The molecule has 0 radical (unpaired) electrons. The molecule has 29 heteroatoms. The number of carboxylic acid groups (broad SMARTS) is 1. The van der Waals surface area contributed by atoms with Gasteiger partial charge in [-0.25, -0.2) is 0 Å². The molecule has 0 fully saturated rings. The van der Waals surface area contributed by atoms with Gasteiger partial charge in [-0.2, -0.15) is 11.8 Å². The van der Waals surface area contributed by atoms with Crippen LogP contribution in [0.5, 0.6) is 0 Å². The van der Waals surface area contributed by atoms with Crippen molar-refractivity contribution in [3.05, 3.63) is 0 Å². The zero-order chi connectivity index (χ0) is 49.8. The third-order valence-electron chi connectivity index (χ3n) is 8.96. The van der Waals surface area contributed by atoms with E-state index in [2.05, 4.69) is 47.9 Å². The molecule has 0 unspecified atom stereocenters. The number of nitrogens with one attached hydrogen (secondary N) is 11. The van der Waals surface area contributed by atoms with E-state index in [0.29, 0.717) is 0 Å². The zero-order valence-electron chi connectivity index (χ0n) is 36.5. The summed E-state index contributed by atoms with van der Waals surface area (Å²) in [4.78, 5) is 140. The van der Waals surface area contributed by atoms with Crippen molar-refractivity contribution >= 4 is 88.7 Å². The number of nitrogens with two attached hydrogens (primary N) is 5. The Bertz CT molecular complexity index is 1720. The second-order valence-electron chi connectivity index (χ2n) is 14.5. The quantitative estimate of drug-likeness (QED) is 0.0165. The molecule has 28 nitrogen and oxygen atoms in total. The molecule has 22 N–H and O–H groups in total. The third-order valence-corrected chi connectivity index (χ3v) is 9.60. The van der Waals surface area contributed by atoms with Crippen LogP contribution in [0.2, 0.25) is 0 Å². The van der Waals surface area contributed by atoms with E-state index in [1.807, 2.05) is 0 Å². The number of carbonyl (C=O) groups is 11. The highest BCUT2D eigenvalue weighted by Gasteiger charge is 2.34. The first-order chi connectivity index (χ1) is 30.4. The lowest BCUT2D eigenvalue weighted by molar-refractivity contribution is -0.138. The van der Waals surface area contributed by atoms with E-state index in [1.54, 1.807) is 6.26 Å². The SMILES string of the molecule is CSCC[C@H](NC(=O)[C@H](CCC(=O)O)NC(=O)[C@H](CC(N)=O)NC(C)=O)C(=O)N[C@@H](CCC(N)=O)C(=O)N[C@@H](CCCNC(=N)N)C(=O)N[C@@H](CCCNC(=N)N)C(=O)N[C@@H](C)C(N)=O. The fraction of sp³-hybridized carbons (Fsp3) is 0.639. The molecule has 0 bridgehead atoms. The zero-order valence-corrected chi connectivity index (χ0v) is 37.3. The molecule has 0 saturated heterocycles. The van der Waals surface area contributed by atoms with Gasteiger partial charge in [-0.15, -0.1) is 0 Å². The molecular formula is C36H64N16O12S. The van der Waals surface area contributed by atoms with Crippen LogP contribution in [0.1, 0.15) is 78.1 Å². The lowest BCUT2D eigenvalue weighted by Crippen LogP contribution is -2.60. The molecule has 65 heavy (non-hydrogen) atoms. The number of rotatable bonds is 33. The van der Waals surface area contributed by atoms with E-state index in [-0.39, 0.29) is 62.9 Å². The molecule has 0 aromatic carbocycles. The van der Waals surface area contributed by atoms with Crippen LogP contribution in [0.25, 0.3) is 0 Å². The topological polar surface area (TPSA) is 494 Å². The molecule has 0 spiro atoms. The van der Waals surface area contributed by atoms with Crippen LogP contribution in [0.15, 0.2) is 0 Å². The number of amides is 10. The number of guanidine groups is 2. The molecule has 0 aromatic rings. The van der Waals surface area contributed by atoms with Gasteiger partial charge in [0.1, 0.15) is 42.3 Å². The number of carboxylic acids is 1. The van der Waals surface area contributed by atoms with E-state index in [0.717, 1.165) is 6.92 Å². The first-order valence-corrected chi connectivity index (χ1v) is 21.6. The predicted molar refractivity (Wildman–Crippen MR) is 234 cm³/mol. The van der Waals surface area contributed by atoms with E-state index in [1.165, 1.54) is 18.7 Å². The summed E-state index contributed by atoms with van der Waals surface area (Å²) in [6.45, 7) is 2.54. The van der Waals surface area contributed by atoms with Crippen molar-refractivity contribution < 1.29 is 57.8 Å². The molecule has 0 rings (SSSR count). The fourth-order valence-corrected chi connectivity index (χ4v) is 6.07. The summed E-state index contributed by atoms with van der Waals surface area (Å²) in [6, 6.07) is -10.1. The van der Waals surface area contributed by atoms with Crippen molar-refractivity contribution in [1.82, 2.24) is 47.9 Å². The molecule has 10 amide bonds. The number of carbonyl (C=O) groups excluding carboxylic acids is 10. The minimum Gasteiger partial charge on any atom is -0.481 e. The molecule has 7 atom stereocenters. The molecular weight excluding hydrogens is 881 g/mol. The van der Waals surface area contributed by atoms with E-state index < -0.39 is 139 Å². The summed E-state index contributed by atoms with van der Waals surface area (Å²) in [5.41, 5.74) is 26.5. The van der Waals surface area contributed by atoms with Crippen molar-refractivity contribution in [2.45, 2.75) is 120 Å². The number of hydrogen-bond donors (Lipinski definition) is 17. The Morgan fingerprint density at radius 2 is 0.892 bits per heavy atom. The largest absolute Gasteiger partial charge is 0.481 e. The molecule has 0 aliphatic rings. The maximum atomic E-state index is 14.0. The van der Waals surface area contributed by atoms with Crippen LogP contribution in [-0.2, 0) is 52.7 Å². The van der Waals surface area contributed by atoms with Crippen LogP contribution in [0, 0.1) is 10.8 Å². The van der Waals surface area contributed by atoms with Crippen molar-refractivity contribution in [2.24, 2.45) is 28.7 Å². The summed E-state index contributed by atoms with van der Waals surface area (Å²) in [6.07, 6.45) is -1.04. The lowest BCUT2D eigenvalue weighted by atomic mass is 10.0. The highest BCUT2D eigenvalue weighted by atomic mass is 32.2. The standard InChI is InChI=1S/C36H64N16O12S/c1-17(28(39)58)46-29(59)19(6-4-13-44-35(40)41)48-30(60)20(7-5-14-45-36(42)43)49-31(61)21(8-10-25(37)54)50-33(63)23(12-15-65-3)52-32(62)22(9-11-27(56)57)51-34(64)24(16-26(38)55)47-18(2)53/h17,19-24H,4-16H2,1-3H3,(H2,37,54)(H2,38,55)(H2,39,58)(H,46,59)(H,47,53)(H,48,60)(H,49,61)(H,50,63)(H,51,64)(H,52,62)(H,56,57)(H4,40,41,44)(H4,42,43,45)/t17-,19-,20-,21-,22-,23-,24-/m0/s1. The minimum absolute atomic E-state index is 0.0529. The van der Waals surface area contributed by atoms with Crippen LogP contribution in [0.4, 0.5) is 0 Å². The van der Waals surface area contributed by atoms with Crippen LogP contribution in [-0.4, -0.2) is 149 Å². The van der Waals surface area contributed by atoms with Gasteiger partial charge in [0.15, 0.2) is 11.9 Å². The van der Waals surface area contributed by atoms with Gasteiger partial charge in [-0.1, -0.05) is 0 Å². The monoisotopic (exact) mass is 944 g/mol. The molecule has 0 heterocycles. The van der Waals surface area contributed by atoms with Gasteiger partial charge in [0.2, 0.25) is 59.1 Å². The Kier molecular flexibility index (Phi) is 27.7. The second-order valence-corrected chi connectivity index (χ2v) is 15.5. The summed E-state index contributed by atoms with van der Waals surface area (Å²) in [5, 5.41) is 46.0. The van der Waals surface area contributed by atoms with Crippen molar-refractivity contribution in [3.63, 3.8) is 0 Å². The molecule has 0 aliphatic carbocycles. The Morgan fingerprint density at radius 1 is 0.523 bits per heavy atom. The Morgan fingerprint density at radius 3 is 1.23 bits per heavy atom. The van der Waals surface area contributed by atoms with Gasteiger partial charge in [0, 0.05) is 32.9 Å². The highest BCUT2D eigenvalue weighted by Crippen LogP contribution is 2.09. The Labute approximate surface area is 378 Å². The van der Waals surface area contributed by atoms with E-state index in [4.69, 9.17) is 39.5 Å². The van der Waals surface area contributed by atoms with Gasteiger partial charge in [-0.3, -0.25) is 63.6 Å². The second kappa shape index (κ2) is 31.0. The van der Waals surface area contributed by atoms with Crippen LogP contribution >= 0.6 is 11.8 Å². The van der Waals surface area contributed by atoms with Crippen LogP contribution in [0.3, 0.4) is 0 Å². The number of hydrogen-bond acceptors (Lipinski definition) is 14. The third kappa shape index (κ3) is 26.3. The normalized spacial score (nSPS) is 13.8. The molecule has 0 aliphatic heterocycles. The van der Waals surface area contributed by atoms with Crippen LogP contribution < -0.4 is 76.5 Å². The lowest BCUT2D eigenvalue weighted by Gasteiger charge is -2.28. The minimum atomic E-state index is -1.63. The van der Waals surface area contributed by atoms with Crippen molar-refractivity contribution in [1.29, 1.82) is 10.8 Å². The van der Waals surface area contributed by atoms with Gasteiger partial charge < -0.3 is 81.6 Å². The number of aliphatic carboxylic acids is 1. The summed E-state index contributed by atoms with van der Waals surface area (Å²) < 4.78 is 0.